The molecule has 0 saturated heterocycles. The van der Waals surface area contributed by atoms with E-state index >= 15 is 0 Å². The van der Waals surface area contributed by atoms with Gasteiger partial charge in [-0.05, 0) is 45.0 Å². The summed E-state index contributed by atoms with van der Waals surface area (Å²) in [6.45, 7) is 6.32. The van der Waals surface area contributed by atoms with Gasteiger partial charge in [0.05, 0.1) is 13.7 Å². The molecule has 8 heteroatoms. The van der Waals surface area contributed by atoms with E-state index in [0.717, 1.165) is 11.3 Å². The van der Waals surface area contributed by atoms with Gasteiger partial charge in [-0.2, -0.15) is 5.10 Å². The topological polar surface area (TPSA) is 85.7 Å². The highest BCUT2D eigenvalue weighted by Crippen LogP contribution is 2.25. The molecule has 28 heavy (non-hydrogen) atoms. The molecule has 0 spiro atoms. The Kier molecular flexibility index (Phi) is 5.31. The molecule has 8 nitrogen and oxygen atoms in total. The number of hydrogen-bond acceptors (Lipinski definition) is 5. The van der Waals surface area contributed by atoms with E-state index in [-0.39, 0.29) is 12.0 Å². The Hall–Kier alpha value is -3.03. The van der Waals surface area contributed by atoms with Gasteiger partial charge in [-0.3, -0.25) is 9.48 Å². The van der Waals surface area contributed by atoms with Gasteiger partial charge in [0, 0.05) is 37.0 Å². The van der Waals surface area contributed by atoms with E-state index in [1.165, 1.54) is 0 Å². The number of carbonyl (C=O) groups is 2. The zero-order valence-electron chi connectivity index (χ0n) is 16.9. The molecule has 0 atom stereocenters. The average Bonchev–Trinajstić information content (AvgIpc) is 2.97. The number of amides is 2. The van der Waals surface area contributed by atoms with E-state index in [0.29, 0.717) is 36.6 Å². The van der Waals surface area contributed by atoms with Crippen LogP contribution in [-0.4, -0.2) is 45.9 Å². The van der Waals surface area contributed by atoms with Crippen LogP contribution in [0.1, 0.15) is 42.5 Å². The SMILES string of the molecule is COc1ccc(NC(=O)c2nn(C)c3c2CN(C(=O)OC(C)(C)C)CC3)cc1. The van der Waals surface area contributed by atoms with Crippen LogP contribution in [0.2, 0.25) is 0 Å². The molecule has 0 saturated carbocycles. The van der Waals surface area contributed by atoms with Crippen molar-refractivity contribution < 1.29 is 19.1 Å². The van der Waals surface area contributed by atoms with Crippen LogP contribution < -0.4 is 10.1 Å². The summed E-state index contributed by atoms with van der Waals surface area (Å²) < 4.78 is 12.3. The highest BCUT2D eigenvalue weighted by Gasteiger charge is 2.31. The number of hydrogen-bond donors (Lipinski definition) is 1. The smallest absolute Gasteiger partial charge is 0.410 e. The monoisotopic (exact) mass is 386 g/mol. The fourth-order valence-corrected chi connectivity index (χ4v) is 3.12. The van der Waals surface area contributed by atoms with Crippen LogP contribution in [0.25, 0.3) is 0 Å². The van der Waals surface area contributed by atoms with Crippen LogP contribution >= 0.6 is 0 Å². The number of methoxy groups -OCH3 is 1. The minimum atomic E-state index is -0.569. The summed E-state index contributed by atoms with van der Waals surface area (Å²) in [5.74, 6) is 0.397. The predicted molar refractivity (Wildman–Crippen MR) is 105 cm³/mol. The molecule has 0 fully saturated rings. The van der Waals surface area contributed by atoms with Crippen LogP contribution in [0.5, 0.6) is 5.75 Å². The van der Waals surface area contributed by atoms with E-state index < -0.39 is 5.60 Å². The molecule has 1 aliphatic heterocycles. The molecule has 0 radical (unpaired) electrons. The largest absolute Gasteiger partial charge is 0.497 e. The van der Waals surface area contributed by atoms with Crippen molar-refractivity contribution in [1.82, 2.24) is 14.7 Å². The van der Waals surface area contributed by atoms with E-state index in [1.807, 2.05) is 27.8 Å². The summed E-state index contributed by atoms with van der Waals surface area (Å²) in [5.41, 5.74) is 2.11. The van der Waals surface area contributed by atoms with E-state index in [9.17, 15) is 9.59 Å². The van der Waals surface area contributed by atoms with Gasteiger partial charge >= 0.3 is 6.09 Å². The van der Waals surface area contributed by atoms with Gasteiger partial charge in [-0.1, -0.05) is 0 Å². The van der Waals surface area contributed by atoms with Crippen molar-refractivity contribution in [1.29, 1.82) is 0 Å². The summed E-state index contributed by atoms with van der Waals surface area (Å²) in [7, 11) is 3.40. The summed E-state index contributed by atoms with van der Waals surface area (Å²) in [5, 5.41) is 7.24. The third kappa shape index (κ3) is 4.27. The number of anilines is 1. The second-order valence-corrected chi connectivity index (χ2v) is 7.73. The highest BCUT2D eigenvalue weighted by molar-refractivity contribution is 6.04. The predicted octanol–water partition coefficient (Wildman–Crippen LogP) is 2.97. The number of aryl methyl sites for hydroxylation is 1. The molecule has 2 aromatic rings. The van der Waals surface area contributed by atoms with Crippen molar-refractivity contribution in [3.05, 3.63) is 41.2 Å². The zero-order chi connectivity index (χ0) is 20.5. The lowest BCUT2D eigenvalue weighted by Gasteiger charge is -2.30. The second-order valence-electron chi connectivity index (χ2n) is 7.73. The van der Waals surface area contributed by atoms with Gasteiger partial charge in [-0.25, -0.2) is 4.79 Å². The maximum absolute atomic E-state index is 12.8. The number of benzene rings is 1. The first-order valence-electron chi connectivity index (χ1n) is 9.16. The normalized spacial score (nSPS) is 13.7. The fraction of sp³-hybridized carbons (Fsp3) is 0.450. The van der Waals surface area contributed by atoms with Gasteiger partial charge in [0.1, 0.15) is 11.4 Å². The lowest BCUT2D eigenvalue weighted by Crippen LogP contribution is -2.40. The molecule has 1 aromatic carbocycles. The molecule has 1 aromatic heterocycles. The van der Waals surface area contributed by atoms with Crippen molar-refractivity contribution in [3.8, 4) is 5.75 Å². The van der Waals surface area contributed by atoms with Crippen molar-refractivity contribution in [2.45, 2.75) is 39.3 Å². The van der Waals surface area contributed by atoms with E-state index in [2.05, 4.69) is 10.4 Å². The number of nitrogens with one attached hydrogen (secondary N) is 1. The molecule has 3 rings (SSSR count). The minimum absolute atomic E-state index is 0.295. The molecule has 1 N–H and O–H groups in total. The number of fused-ring (bicyclic) bond motifs is 1. The van der Waals surface area contributed by atoms with Crippen LogP contribution in [0.4, 0.5) is 10.5 Å². The Labute approximate surface area is 164 Å². The summed E-state index contributed by atoms with van der Waals surface area (Å²) in [6.07, 6.45) is 0.233. The molecule has 2 amide bonds. The number of ether oxygens (including phenoxy) is 2. The van der Waals surface area contributed by atoms with Gasteiger partial charge < -0.3 is 19.7 Å². The first kappa shape index (κ1) is 19.7. The van der Waals surface area contributed by atoms with E-state index in [4.69, 9.17) is 9.47 Å². The van der Waals surface area contributed by atoms with Crippen LogP contribution in [0.15, 0.2) is 24.3 Å². The number of carbonyl (C=O) groups excluding carboxylic acids is 2. The van der Waals surface area contributed by atoms with Crippen LogP contribution in [0.3, 0.4) is 0 Å². The van der Waals surface area contributed by atoms with Gasteiger partial charge in [0.2, 0.25) is 0 Å². The van der Waals surface area contributed by atoms with Crippen molar-refractivity contribution in [2.75, 3.05) is 19.0 Å². The zero-order valence-corrected chi connectivity index (χ0v) is 16.9. The van der Waals surface area contributed by atoms with Crippen LogP contribution in [0, 0.1) is 0 Å². The number of aromatic nitrogens is 2. The Morgan fingerprint density at radius 2 is 1.86 bits per heavy atom. The minimum Gasteiger partial charge on any atom is -0.497 e. The molecule has 1 aliphatic rings. The fourth-order valence-electron chi connectivity index (χ4n) is 3.12. The molecular formula is C20H26N4O4. The van der Waals surface area contributed by atoms with Crippen molar-refractivity contribution >= 4 is 17.7 Å². The lowest BCUT2D eigenvalue weighted by atomic mass is 10.0. The summed E-state index contributed by atoms with van der Waals surface area (Å²) >= 11 is 0. The standard InChI is InChI=1S/C20H26N4O4/c1-20(2,3)28-19(26)24-11-10-16-15(12-24)17(22-23(16)4)18(25)21-13-6-8-14(27-5)9-7-13/h6-9H,10-12H2,1-5H3,(H,21,25). The Bertz CT molecular complexity index is 881. The maximum atomic E-state index is 12.8. The highest BCUT2D eigenvalue weighted by atomic mass is 16.6. The molecule has 0 aliphatic carbocycles. The maximum Gasteiger partial charge on any atom is 0.410 e. The van der Waals surface area contributed by atoms with Crippen LogP contribution in [-0.2, 0) is 24.8 Å². The molecule has 2 heterocycles. The summed E-state index contributed by atoms with van der Waals surface area (Å²) in [4.78, 5) is 26.8. The van der Waals surface area contributed by atoms with Gasteiger partial charge in [0.15, 0.2) is 5.69 Å². The van der Waals surface area contributed by atoms with Gasteiger partial charge in [0.25, 0.3) is 5.91 Å². The quantitative estimate of drug-likeness (QED) is 0.876. The number of rotatable bonds is 3. The Morgan fingerprint density at radius 3 is 2.46 bits per heavy atom. The molecule has 0 bridgehead atoms. The third-order valence-electron chi connectivity index (χ3n) is 4.46. The first-order valence-corrected chi connectivity index (χ1v) is 9.16. The molecule has 150 valence electrons. The Morgan fingerprint density at radius 1 is 1.18 bits per heavy atom. The van der Waals surface area contributed by atoms with Crippen molar-refractivity contribution in [2.24, 2.45) is 7.05 Å². The lowest BCUT2D eigenvalue weighted by molar-refractivity contribution is 0.0222. The number of nitrogens with zero attached hydrogens (tertiary/aromatic N) is 3. The molecule has 0 unspecified atom stereocenters. The molecular weight excluding hydrogens is 360 g/mol. The van der Waals surface area contributed by atoms with E-state index in [1.54, 1.807) is 41.0 Å². The Balaban J connectivity index is 1.78. The second kappa shape index (κ2) is 7.53. The third-order valence-corrected chi connectivity index (χ3v) is 4.46. The van der Waals surface area contributed by atoms with Gasteiger partial charge in [-0.15, -0.1) is 0 Å². The summed E-state index contributed by atoms with van der Waals surface area (Å²) in [6, 6.07) is 7.07. The average molecular weight is 386 g/mol. The van der Waals surface area contributed by atoms with Crippen molar-refractivity contribution in [3.63, 3.8) is 0 Å². The first-order chi connectivity index (χ1) is 13.2.